The summed E-state index contributed by atoms with van der Waals surface area (Å²) >= 11 is 0. The molecule has 2 saturated carbocycles. The summed E-state index contributed by atoms with van der Waals surface area (Å²) in [6.07, 6.45) is 5.59. The van der Waals surface area contributed by atoms with Gasteiger partial charge in [-0.3, -0.25) is 4.79 Å². The van der Waals surface area contributed by atoms with E-state index in [0.717, 1.165) is 12.8 Å². The molecular formula is C16H30N2O3. The first-order chi connectivity index (χ1) is 10.2. The first-order valence-corrected chi connectivity index (χ1v) is 8.19. The van der Waals surface area contributed by atoms with Crippen LogP contribution in [-0.2, 0) is 14.3 Å². The van der Waals surface area contributed by atoms with Gasteiger partial charge in [0, 0.05) is 39.3 Å². The second-order valence-corrected chi connectivity index (χ2v) is 6.51. The number of nitrogens with zero attached hydrogens (tertiary/aromatic N) is 1. The highest BCUT2D eigenvalue weighted by molar-refractivity contribution is 5.79. The van der Waals surface area contributed by atoms with Crippen molar-refractivity contribution >= 4 is 5.91 Å². The standard InChI is InChI=1S/C16H30N2O3/c1-20-8-6-18(7-9-21-2)16(19)14-10-12-4-3-5-13(11-14)15(12)17/h12-15H,3-11,17H2,1-2H3. The SMILES string of the molecule is COCCN(CCOC)C(=O)C1CC2CCCC(C1)C2N. The summed E-state index contributed by atoms with van der Waals surface area (Å²) in [5, 5.41) is 0. The number of rotatable bonds is 7. The minimum atomic E-state index is 0.147. The molecular weight excluding hydrogens is 268 g/mol. The molecule has 2 rings (SSSR count). The van der Waals surface area contributed by atoms with Gasteiger partial charge in [-0.05, 0) is 37.5 Å². The molecule has 0 saturated heterocycles. The Balaban J connectivity index is 1.95. The number of hydrogen-bond acceptors (Lipinski definition) is 4. The Bertz CT molecular complexity index is 315. The number of amides is 1. The van der Waals surface area contributed by atoms with E-state index in [0.29, 0.717) is 44.2 Å². The van der Waals surface area contributed by atoms with Crippen LogP contribution in [0.15, 0.2) is 0 Å². The molecule has 0 radical (unpaired) electrons. The first kappa shape index (κ1) is 16.7. The van der Waals surface area contributed by atoms with Crippen molar-refractivity contribution in [2.24, 2.45) is 23.5 Å². The summed E-state index contributed by atoms with van der Waals surface area (Å²) in [6, 6.07) is 0.314. The number of nitrogens with two attached hydrogens (primary N) is 1. The van der Waals surface area contributed by atoms with Crippen LogP contribution >= 0.6 is 0 Å². The van der Waals surface area contributed by atoms with E-state index in [4.69, 9.17) is 15.2 Å². The van der Waals surface area contributed by atoms with Crippen molar-refractivity contribution in [2.45, 2.75) is 38.1 Å². The van der Waals surface area contributed by atoms with Gasteiger partial charge in [-0.15, -0.1) is 0 Å². The van der Waals surface area contributed by atoms with Crippen LogP contribution in [0.1, 0.15) is 32.1 Å². The van der Waals surface area contributed by atoms with Crippen LogP contribution in [0.2, 0.25) is 0 Å². The topological polar surface area (TPSA) is 64.8 Å². The number of ether oxygens (including phenoxy) is 2. The maximum atomic E-state index is 12.8. The van der Waals surface area contributed by atoms with E-state index >= 15 is 0 Å². The van der Waals surface area contributed by atoms with Crippen LogP contribution in [0, 0.1) is 17.8 Å². The minimum absolute atomic E-state index is 0.147. The molecule has 5 heteroatoms. The fourth-order valence-corrected chi connectivity index (χ4v) is 3.98. The Kier molecular flexibility index (Phi) is 6.45. The lowest BCUT2D eigenvalue weighted by Crippen LogP contribution is -2.50. The number of carbonyl (C=O) groups is 1. The van der Waals surface area contributed by atoms with E-state index < -0.39 is 0 Å². The van der Waals surface area contributed by atoms with Crippen LogP contribution in [0.3, 0.4) is 0 Å². The van der Waals surface area contributed by atoms with Crippen LogP contribution in [-0.4, -0.2) is 57.4 Å². The summed E-state index contributed by atoms with van der Waals surface area (Å²) < 4.78 is 10.3. The van der Waals surface area contributed by atoms with Gasteiger partial charge in [0.15, 0.2) is 0 Å². The molecule has 2 fully saturated rings. The summed E-state index contributed by atoms with van der Waals surface area (Å²) in [5.74, 6) is 1.50. The molecule has 5 nitrogen and oxygen atoms in total. The van der Waals surface area contributed by atoms with Crippen LogP contribution < -0.4 is 5.73 Å². The van der Waals surface area contributed by atoms with Gasteiger partial charge in [0.25, 0.3) is 0 Å². The van der Waals surface area contributed by atoms with Crippen LogP contribution in [0.5, 0.6) is 0 Å². The normalized spacial score (nSPS) is 32.0. The number of fused-ring (bicyclic) bond motifs is 2. The van der Waals surface area contributed by atoms with Gasteiger partial charge in [0.2, 0.25) is 5.91 Å². The number of hydrogen-bond donors (Lipinski definition) is 1. The van der Waals surface area contributed by atoms with Crippen molar-refractivity contribution in [3.05, 3.63) is 0 Å². The molecule has 2 aliphatic carbocycles. The van der Waals surface area contributed by atoms with E-state index in [9.17, 15) is 4.79 Å². The van der Waals surface area contributed by atoms with E-state index in [1.807, 2.05) is 4.90 Å². The Hall–Kier alpha value is -0.650. The molecule has 0 spiro atoms. The van der Waals surface area contributed by atoms with E-state index in [1.165, 1.54) is 19.3 Å². The maximum Gasteiger partial charge on any atom is 0.225 e. The highest BCUT2D eigenvalue weighted by Crippen LogP contribution is 2.42. The van der Waals surface area contributed by atoms with Crippen LogP contribution in [0.25, 0.3) is 0 Å². The second-order valence-electron chi connectivity index (χ2n) is 6.51. The molecule has 2 bridgehead atoms. The van der Waals surface area contributed by atoms with Gasteiger partial charge in [0.05, 0.1) is 13.2 Å². The fourth-order valence-electron chi connectivity index (χ4n) is 3.98. The average Bonchev–Trinajstić information content (AvgIpc) is 2.46. The predicted molar refractivity (Wildman–Crippen MR) is 81.9 cm³/mol. The molecule has 0 aromatic heterocycles. The zero-order chi connectivity index (χ0) is 15.2. The van der Waals surface area contributed by atoms with Crippen molar-refractivity contribution in [1.29, 1.82) is 0 Å². The summed E-state index contributed by atoms with van der Waals surface area (Å²) in [6.45, 7) is 2.45. The lowest BCUT2D eigenvalue weighted by atomic mass is 9.65. The van der Waals surface area contributed by atoms with Crippen LogP contribution in [0.4, 0.5) is 0 Å². The molecule has 2 aliphatic rings. The van der Waals surface area contributed by atoms with Crippen molar-refractivity contribution in [2.75, 3.05) is 40.5 Å². The van der Waals surface area contributed by atoms with Crippen molar-refractivity contribution in [3.8, 4) is 0 Å². The van der Waals surface area contributed by atoms with Gasteiger partial charge in [-0.1, -0.05) is 6.42 Å². The Morgan fingerprint density at radius 2 is 1.62 bits per heavy atom. The summed E-state index contributed by atoms with van der Waals surface area (Å²) in [5.41, 5.74) is 6.32. The molecule has 2 atom stereocenters. The predicted octanol–water partition coefficient (Wildman–Crippen LogP) is 1.26. The molecule has 0 heterocycles. The van der Waals surface area contributed by atoms with E-state index in [2.05, 4.69) is 0 Å². The monoisotopic (exact) mass is 298 g/mol. The van der Waals surface area contributed by atoms with E-state index in [-0.39, 0.29) is 11.8 Å². The number of methoxy groups -OCH3 is 2. The largest absolute Gasteiger partial charge is 0.383 e. The van der Waals surface area contributed by atoms with Gasteiger partial charge >= 0.3 is 0 Å². The third-order valence-electron chi connectivity index (χ3n) is 5.20. The Morgan fingerprint density at radius 1 is 1.10 bits per heavy atom. The molecule has 0 aliphatic heterocycles. The highest BCUT2D eigenvalue weighted by Gasteiger charge is 2.41. The van der Waals surface area contributed by atoms with E-state index in [1.54, 1.807) is 14.2 Å². The second kappa shape index (κ2) is 8.11. The third kappa shape index (κ3) is 4.18. The van der Waals surface area contributed by atoms with Gasteiger partial charge in [-0.2, -0.15) is 0 Å². The van der Waals surface area contributed by atoms with Gasteiger partial charge in [-0.25, -0.2) is 0 Å². The van der Waals surface area contributed by atoms with Crippen molar-refractivity contribution in [3.63, 3.8) is 0 Å². The lowest BCUT2D eigenvalue weighted by molar-refractivity contribution is -0.140. The Labute approximate surface area is 128 Å². The molecule has 21 heavy (non-hydrogen) atoms. The Morgan fingerprint density at radius 3 is 2.10 bits per heavy atom. The zero-order valence-corrected chi connectivity index (χ0v) is 13.4. The molecule has 0 aromatic rings. The average molecular weight is 298 g/mol. The molecule has 0 aromatic carbocycles. The summed E-state index contributed by atoms with van der Waals surface area (Å²) in [7, 11) is 3.34. The minimum Gasteiger partial charge on any atom is -0.383 e. The van der Waals surface area contributed by atoms with Gasteiger partial charge in [0.1, 0.15) is 0 Å². The molecule has 122 valence electrons. The van der Waals surface area contributed by atoms with Gasteiger partial charge < -0.3 is 20.1 Å². The third-order valence-corrected chi connectivity index (χ3v) is 5.20. The molecule has 1 amide bonds. The number of carbonyl (C=O) groups excluding carboxylic acids is 1. The van der Waals surface area contributed by atoms with Crippen molar-refractivity contribution < 1.29 is 14.3 Å². The molecule has 2 unspecified atom stereocenters. The zero-order valence-electron chi connectivity index (χ0n) is 13.4. The van der Waals surface area contributed by atoms with Crippen molar-refractivity contribution in [1.82, 2.24) is 4.90 Å². The first-order valence-electron chi connectivity index (χ1n) is 8.19. The quantitative estimate of drug-likeness (QED) is 0.768. The smallest absolute Gasteiger partial charge is 0.225 e. The summed E-state index contributed by atoms with van der Waals surface area (Å²) in [4.78, 5) is 14.7. The lowest BCUT2D eigenvalue weighted by Gasteiger charge is -2.44. The highest BCUT2D eigenvalue weighted by atomic mass is 16.5. The molecule has 2 N–H and O–H groups in total. The fraction of sp³-hybridized carbons (Fsp3) is 0.938. The maximum absolute atomic E-state index is 12.8.